The van der Waals surface area contributed by atoms with Crippen LogP contribution in [0.3, 0.4) is 0 Å². The number of pyridine rings is 1. The smallest absolute Gasteiger partial charge is 0.274 e. The Labute approximate surface area is 210 Å². The van der Waals surface area contributed by atoms with Gasteiger partial charge in [0, 0.05) is 56.1 Å². The summed E-state index contributed by atoms with van der Waals surface area (Å²) in [6.07, 6.45) is 3.54. The second kappa shape index (κ2) is 9.17. The maximum absolute atomic E-state index is 13.7. The van der Waals surface area contributed by atoms with E-state index < -0.39 is 0 Å². The molecule has 0 radical (unpaired) electrons. The molecule has 7 nitrogen and oxygen atoms in total. The van der Waals surface area contributed by atoms with E-state index in [1.165, 1.54) is 16.9 Å². The van der Waals surface area contributed by atoms with Gasteiger partial charge in [0.1, 0.15) is 16.4 Å². The van der Waals surface area contributed by atoms with E-state index in [2.05, 4.69) is 66.8 Å². The van der Waals surface area contributed by atoms with E-state index >= 15 is 0 Å². The highest BCUT2D eigenvalue weighted by Crippen LogP contribution is 2.38. The molecule has 3 aromatic heterocycles. The van der Waals surface area contributed by atoms with Crippen LogP contribution in [-0.4, -0.2) is 68.6 Å². The molecule has 1 N–H and O–H groups in total. The highest BCUT2D eigenvalue weighted by atomic mass is 32.1. The Balaban J connectivity index is 1.50. The number of piperazine rings is 1. The van der Waals surface area contributed by atoms with Gasteiger partial charge in [-0.05, 0) is 37.0 Å². The lowest BCUT2D eigenvalue weighted by atomic mass is 9.96. The van der Waals surface area contributed by atoms with Crippen molar-refractivity contribution in [2.75, 3.05) is 32.7 Å². The normalized spacial score (nSPS) is 15.2. The molecule has 1 aliphatic heterocycles. The molecule has 182 valence electrons. The van der Waals surface area contributed by atoms with E-state index in [-0.39, 0.29) is 11.3 Å². The van der Waals surface area contributed by atoms with Crippen molar-refractivity contribution in [3.63, 3.8) is 0 Å². The second-order valence-corrected chi connectivity index (χ2v) is 11.6. The molecule has 0 bridgehead atoms. The van der Waals surface area contributed by atoms with E-state index in [9.17, 15) is 4.79 Å². The van der Waals surface area contributed by atoms with Crippen molar-refractivity contribution in [3.05, 3.63) is 53.5 Å². The number of aryl methyl sites for hydroxylation is 2. The van der Waals surface area contributed by atoms with Gasteiger partial charge in [0.15, 0.2) is 0 Å². The van der Waals surface area contributed by atoms with Crippen molar-refractivity contribution in [3.8, 4) is 21.1 Å². The number of carbonyl (C=O) groups is 1. The summed E-state index contributed by atoms with van der Waals surface area (Å²) in [7, 11) is 0. The Bertz CT molecular complexity index is 1360. The fourth-order valence-corrected chi connectivity index (χ4v) is 5.88. The predicted molar refractivity (Wildman–Crippen MR) is 142 cm³/mol. The largest absolute Gasteiger partial charge is 0.335 e. The van der Waals surface area contributed by atoms with Gasteiger partial charge in [0.05, 0.1) is 10.4 Å². The summed E-state index contributed by atoms with van der Waals surface area (Å²) in [4.78, 5) is 28.2. The average Bonchev–Trinajstić information content (AvgIpc) is 3.43. The van der Waals surface area contributed by atoms with Gasteiger partial charge in [0.2, 0.25) is 0 Å². The third kappa shape index (κ3) is 4.86. The lowest BCUT2D eigenvalue weighted by Crippen LogP contribution is -2.50. The quantitative estimate of drug-likeness (QED) is 0.429. The first kappa shape index (κ1) is 23.6. The standard InChI is InChI=1S/C27H32N6OS/c1-17-13-18(2)21-20(14-17)22(31-30-21)25-29-23(24(35-25)19-7-6-8-28-15-19)26(34)33-11-9-32(10-12-33)16-27(3,4)5/h6-8,13-15H,9-12,16H2,1-5H3,(H,30,31). The number of benzene rings is 1. The van der Waals surface area contributed by atoms with E-state index in [0.29, 0.717) is 18.8 Å². The number of hydrogen-bond donors (Lipinski definition) is 1. The number of nitrogens with one attached hydrogen (secondary N) is 1. The van der Waals surface area contributed by atoms with Crippen LogP contribution in [0.2, 0.25) is 0 Å². The first-order valence-corrected chi connectivity index (χ1v) is 12.9. The van der Waals surface area contributed by atoms with Gasteiger partial charge in [-0.1, -0.05) is 38.5 Å². The predicted octanol–water partition coefficient (Wildman–Crippen LogP) is 5.17. The molecule has 35 heavy (non-hydrogen) atoms. The highest BCUT2D eigenvalue weighted by Gasteiger charge is 2.29. The number of nitrogens with zero attached hydrogens (tertiary/aromatic N) is 5. The van der Waals surface area contributed by atoms with Gasteiger partial charge < -0.3 is 4.90 Å². The van der Waals surface area contributed by atoms with Crippen LogP contribution >= 0.6 is 11.3 Å². The molecule has 8 heteroatoms. The first-order chi connectivity index (χ1) is 16.7. The van der Waals surface area contributed by atoms with Crippen LogP contribution in [0.1, 0.15) is 42.4 Å². The van der Waals surface area contributed by atoms with Crippen molar-refractivity contribution >= 4 is 28.1 Å². The average molecular weight is 489 g/mol. The molecule has 1 aromatic carbocycles. The Morgan fingerprint density at radius 2 is 1.91 bits per heavy atom. The summed E-state index contributed by atoms with van der Waals surface area (Å²) in [6, 6.07) is 8.15. The van der Waals surface area contributed by atoms with Crippen molar-refractivity contribution in [2.24, 2.45) is 5.41 Å². The molecular formula is C27H32N6OS. The molecule has 1 amide bonds. The maximum atomic E-state index is 13.7. The van der Waals surface area contributed by atoms with E-state index in [1.54, 1.807) is 12.4 Å². The molecule has 1 fully saturated rings. The van der Waals surface area contributed by atoms with Crippen LogP contribution in [0.5, 0.6) is 0 Å². The highest BCUT2D eigenvalue weighted by molar-refractivity contribution is 7.18. The lowest BCUT2D eigenvalue weighted by molar-refractivity contribution is 0.0588. The van der Waals surface area contributed by atoms with E-state index in [4.69, 9.17) is 4.98 Å². The van der Waals surface area contributed by atoms with Crippen molar-refractivity contribution < 1.29 is 4.79 Å². The van der Waals surface area contributed by atoms with Crippen molar-refractivity contribution in [1.29, 1.82) is 0 Å². The van der Waals surface area contributed by atoms with E-state index in [0.717, 1.165) is 57.2 Å². The molecule has 1 saturated heterocycles. The van der Waals surface area contributed by atoms with Gasteiger partial charge in [-0.15, -0.1) is 11.3 Å². The molecular weight excluding hydrogens is 456 g/mol. The van der Waals surface area contributed by atoms with Crippen LogP contribution < -0.4 is 0 Å². The Morgan fingerprint density at radius 1 is 1.14 bits per heavy atom. The lowest BCUT2D eigenvalue weighted by Gasteiger charge is -2.37. The van der Waals surface area contributed by atoms with Crippen molar-refractivity contribution in [2.45, 2.75) is 34.6 Å². The second-order valence-electron chi connectivity index (χ2n) is 10.6. The molecule has 0 unspecified atom stereocenters. The number of aromatic amines is 1. The van der Waals surface area contributed by atoms with Gasteiger partial charge in [0.25, 0.3) is 5.91 Å². The topological polar surface area (TPSA) is 78.0 Å². The molecule has 5 rings (SSSR count). The zero-order valence-electron chi connectivity index (χ0n) is 21.1. The summed E-state index contributed by atoms with van der Waals surface area (Å²) in [5, 5.41) is 9.55. The summed E-state index contributed by atoms with van der Waals surface area (Å²) < 4.78 is 0. The van der Waals surface area contributed by atoms with Crippen LogP contribution in [0.4, 0.5) is 0 Å². The zero-order chi connectivity index (χ0) is 24.7. The number of aromatic nitrogens is 4. The number of thiazole rings is 1. The Hall–Kier alpha value is -3.10. The van der Waals surface area contributed by atoms with Crippen LogP contribution in [-0.2, 0) is 0 Å². The molecule has 0 atom stereocenters. The van der Waals surface area contributed by atoms with Crippen LogP contribution in [0.15, 0.2) is 36.7 Å². The van der Waals surface area contributed by atoms with E-state index in [1.807, 2.05) is 17.0 Å². The van der Waals surface area contributed by atoms with Crippen molar-refractivity contribution in [1.82, 2.24) is 30.0 Å². The Kier molecular flexibility index (Phi) is 6.19. The molecule has 0 spiro atoms. The molecule has 0 saturated carbocycles. The first-order valence-electron chi connectivity index (χ1n) is 12.1. The number of amides is 1. The number of carbonyl (C=O) groups excluding carboxylic acids is 1. The summed E-state index contributed by atoms with van der Waals surface area (Å²) in [6.45, 7) is 15.1. The monoisotopic (exact) mass is 488 g/mol. The minimum absolute atomic E-state index is 0.0195. The fraction of sp³-hybridized carbons (Fsp3) is 0.407. The number of rotatable bonds is 4. The number of H-pyrrole nitrogens is 1. The molecule has 1 aliphatic rings. The summed E-state index contributed by atoms with van der Waals surface area (Å²) in [5.74, 6) is -0.0195. The van der Waals surface area contributed by atoms with Gasteiger partial charge in [-0.25, -0.2) is 4.98 Å². The molecule has 4 aromatic rings. The van der Waals surface area contributed by atoms with Crippen LogP contribution in [0.25, 0.3) is 32.0 Å². The fourth-order valence-electron chi connectivity index (χ4n) is 4.83. The molecule has 4 heterocycles. The van der Waals surface area contributed by atoms with Gasteiger partial charge >= 0.3 is 0 Å². The zero-order valence-corrected chi connectivity index (χ0v) is 21.9. The van der Waals surface area contributed by atoms with Crippen LogP contribution in [0, 0.1) is 19.3 Å². The number of hydrogen-bond acceptors (Lipinski definition) is 6. The Morgan fingerprint density at radius 3 is 2.60 bits per heavy atom. The molecule has 0 aliphatic carbocycles. The van der Waals surface area contributed by atoms with Gasteiger partial charge in [-0.2, -0.15) is 5.10 Å². The third-order valence-corrected chi connectivity index (χ3v) is 7.44. The van der Waals surface area contributed by atoms with Gasteiger partial charge in [-0.3, -0.25) is 19.8 Å². The summed E-state index contributed by atoms with van der Waals surface area (Å²) >= 11 is 1.51. The maximum Gasteiger partial charge on any atom is 0.274 e. The third-order valence-electron chi connectivity index (χ3n) is 6.33. The minimum Gasteiger partial charge on any atom is -0.335 e. The minimum atomic E-state index is -0.0195. The number of fused-ring (bicyclic) bond motifs is 1. The SMILES string of the molecule is Cc1cc(C)c2[nH]nc(-c3nc(C(=O)N4CCN(CC(C)(C)C)CC4)c(-c4cccnc4)s3)c2c1. The summed E-state index contributed by atoms with van der Waals surface area (Å²) in [5.41, 5.74) is 5.74.